The van der Waals surface area contributed by atoms with Crippen molar-refractivity contribution in [1.82, 2.24) is 0 Å². The third kappa shape index (κ3) is 2.08. The van der Waals surface area contributed by atoms with E-state index in [0.717, 1.165) is 12.8 Å². The summed E-state index contributed by atoms with van der Waals surface area (Å²) in [6, 6.07) is 0. The highest BCUT2D eigenvalue weighted by atomic mass is 16.5. The minimum absolute atomic E-state index is 0.271. The molecule has 1 aliphatic heterocycles. The molecule has 3 heteroatoms. The van der Waals surface area contributed by atoms with Gasteiger partial charge in [0.15, 0.2) is 0 Å². The number of carbonyl (C=O) groups is 1. The number of aliphatic hydroxyl groups is 1. The fraction of sp³-hybridized carbons (Fsp3) is 0.667. The number of hydrogen-bond acceptors (Lipinski definition) is 3. The van der Waals surface area contributed by atoms with Gasteiger partial charge in [0.2, 0.25) is 0 Å². The molecule has 0 radical (unpaired) electrons. The van der Waals surface area contributed by atoms with Gasteiger partial charge in [-0.05, 0) is 19.8 Å². The summed E-state index contributed by atoms with van der Waals surface area (Å²) in [5.74, 6) is -0.623. The smallest absolute Gasteiger partial charge is 0.311 e. The molecule has 0 aromatic rings. The number of hydrogen-bond donors (Lipinski definition) is 1. The first-order valence-electron chi connectivity index (χ1n) is 4.23. The maximum Gasteiger partial charge on any atom is 0.311 e. The molecule has 68 valence electrons. The summed E-state index contributed by atoms with van der Waals surface area (Å²) < 4.78 is 4.83. The molecule has 0 aromatic carbocycles. The summed E-state index contributed by atoms with van der Waals surface area (Å²) >= 11 is 0. The molecule has 0 aliphatic carbocycles. The first kappa shape index (κ1) is 9.26. The summed E-state index contributed by atoms with van der Waals surface area (Å²) in [5.41, 5.74) is 0. The van der Waals surface area contributed by atoms with E-state index in [1.165, 1.54) is 0 Å². The highest BCUT2D eigenvalue weighted by molar-refractivity contribution is 5.74. The Bertz CT molecular complexity index is 186. The molecular formula is C9H14O3. The predicted octanol–water partition coefficient (Wildman–Crippen LogP) is 0.877. The predicted molar refractivity (Wildman–Crippen MR) is 44.5 cm³/mol. The zero-order chi connectivity index (χ0) is 8.97. The van der Waals surface area contributed by atoms with Crippen molar-refractivity contribution < 1.29 is 14.6 Å². The van der Waals surface area contributed by atoms with Gasteiger partial charge in [0.1, 0.15) is 0 Å². The van der Waals surface area contributed by atoms with Crippen LogP contribution in [0.15, 0.2) is 12.2 Å². The molecule has 0 spiro atoms. The molecule has 1 fully saturated rings. The van der Waals surface area contributed by atoms with Gasteiger partial charge in [0.05, 0.1) is 18.6 Å². The van der Waals surface area contributed by atoms with Crippen LogP contribution in [0.1, 0.15) is 19.8 Å². The molecular weight excluding hydrogens is 156 g/mol. The van der Waals surface area contributed by atoms with E-state index in [9.17, 15) is 9.90 Å². The normalized spacial score (nSPS) is 27.2. The van der Waals surface area contributed by atoms with Crippen molar-refractivity contribution >= 4 is 5.97 Å². The maximum atomic E-state index is 11.1. The van der Waals surface area contributed by atoms with E-state index in [1.807, 2.05) is 6.92 Å². The van der Waals surface area contributed by atoms with E-state index in [-0.39, 0.29) is 11.9 Å². The Hall–Kier alpha value is -0.830. The van der Waals surface area contributed by atoms with Crippen LogP contribution in [0.4, 0.5) is 0 Å². The van der Waals surface area contributed by atoms with Crippen LogP contribution in [0.2, 0.25) is 0 Å². The van der Waals surface area contributed by atoms with Gasteiger partial charge in [0, 0.05) is 0 Å². The zero-order valence-electron chi connectivity index (χ0n) is 7.19. The number of esters is 1. The van der Waals surface area contributed by atoms with E-state index < -0.39 is 6.10 Å². The van der Waals surface area contributed by atoms with Crippen LogP contribution in [0.3, 0.4) is 0 Å². The van der Waals surface area contributed by atoms with Gasteiger partial charge in [-0.2, -0.15) is 0 Å². The fourth-order valence-corrected chi connectivity index (χ4v) is 1.34. The molecule has 1 saturated heterocycles. The van der Waals surface area contributed by atoms with Gasteiger partial charge in [-0.15, -0.1) is 0 Å². The lowest BCUT2D eigenvalue weighted by Gasteiger charge is -2.23. The first-order valence-corrected chi connectivity index (χ1v) is 4.23. The average molecular weight is 170 g/mol. The maximum absolute atomic E-state index is 11.1. The molecule has 2 unspecified atom stereocenters. The topological polar surface area (TPSA) is 46.5 Å². The van der Waals surface area contributed by atoms with Crippen LogP contribution in [0.25, 0.3) is 0 Å². The van der Waals surface area contributed by atoms with Gasteiger partial charge in [-0.1, -0.05) is 12.2 Å². The SMILES string of the molecule is C/C=C/C(O)C1CCCOC1=O. The van der Waals surface area contributed by atoms with Gasteiger partial charge in [-0.25, -0.2) is 0 Å². The van der Waals surface area contributed by atoms with Gasteiger partial charge < -0.3 is 9.84 Å². The van der Waals surface area contributed by atoms with Crippen molar-refractivity contribution in [3.63, 3.8) is 0 Å². The minimum Gasteiger partial charge on any atom is -0.465 e. The van der Waals surface area contributed by atoms with Crippen LogP contribution in [0.5, 0.6) is 0 Å². The Morgan fingerprint density at radius 1 is 1.75 bits per heavy atom. The minimum atomic E-state index is -0.678. The molecule has 1 heterocycles. The lowest BCUT2D eigenvalue weighted by Crippen LogP contribution is -2.32. The summed E-state index contributed by atoms with van der Waals surface area (Å²) in [6.45, 7) is 2.31. The Labute approximate surface area is 72.0 Å². The van der Waals surface area contributed by atoms with E-state index in [0.29, 0.717) is 6.61 Å². The summed E-state index contributed by atoms with van der Waals surface area (Å²) in [6.07, 6.45) is 4.27. The second-order valence-corrected chi connectivity index (χ2v) is 2.93. The lowest BCUT2D eigenvalue weighted by molar-refractivity contribution is -0.156. The summed E-state index contributed by atoms with van der Waals surface area (Å²) in [4.78, 5) is 11.1. The Morgan fingerprint density at radius 2 is 2.50 bits per heavy atom. The highest BCUT2D eigenvalue weighted by Crippen LogP contribution is 2.19. The van der Waals surface area contributed by atoms with Crippen LogP contribution in [-0.4, -0.2) is 23.8 Å². The Morgan fingerprint density at radius 3 is 3.08 bits per heavy atom. The van der Waals surface area contributed by atoms with E-state index in [1.54, 1.807) is 12.2 Å². The molecule has 0 amide bonds. The zero-order valence-corrected chi connectivity index (χ0v) is 7.19. The van der Waals surface area contributed by atoms with Gasteiger partial charge in [-0.3, -0.25) is 4.79 Å². The third-order valence-electron chi connectivity index (χ3n) is 2.01. The largest absolute Gasteiger partial charge is 0.465 e. The van der Waals surface area contributed by atoms with Crippen LogP contribution < -0.4 is 0 Å². The van der Waals surface area contributed by atoms with Crippen molar-refractivity contribution in [2.24, 2.45) is 5.92 Å². The Balaban J connectivity index is 2.53. The van der Waals surface area contributed by atoms with E-state index in [2.05, 4.69) is 0 Å². The molecule has 1 aliphatic rings. The molecule has 2 atom stereocenters. The quantitative estimate of drug-likeness (QED) is 0.494. The molecule has 0 bridgehead atoms. The number of allylic oxidation sites excluding steroid dienone is 1. The van der Waals surface area contributed by atoms with Crippen LogP contribution in [0, 0.1) is 5.92 Å². The number of cyclic esters (lactones) is 1. The second-order valence-electron chi connectivity index (χ2n) is 2.93. The number of rotatable bonds is 2. The van der Waals surface area contributed by atoms with Crippen molar-refractivity contribution in [2.75, 3.05) is 6.61 Å². The number of ether oxygens (including phenoxy) is 1. The summed E-state index contributed by atoms with van der Waals surface area (Å²) in [7, 11) is 0. The van der Waals surface area contributed by atoms with Crippen molar-refractivity contribution in [3.05, 3.63) is 12.2 Å². The van der Waals surface area contributed by atoms with Crippen molar-refractivity contribution in [3.8, 4) is 0 Å². The number of aliphatic hydroxyl groups excluding tert-OH is 1. The lowest BCUT2D eigenvalue weighted by atomic mass is 9.95. The average Bonchev–Trinajstić information content (AvgIpc) is 2.05. The number of carbonyl (C=O) groups excluding carboxylic acids is 1. The Kier molecular flexibility index (Phi) is 3.29. The molecule has 1 rings (SSSR count). The van der Waals surface area contributed by atoms with E-state index in [4.69, 9.17) is 4.74 Å². The standard InChI is InChI=1S/C9H14O3/c1-2-4-8(10)7-5-3-6-12-9(7)11/h2,4,7-8,10H,3,5-6H2,1H3/b4-2+. The van der Waals surface area contributed by atoms with E-state index >= 15 is 0 Å². The second kappa shape index (κ2) is 4.26. The molecule has 1 N–H and O–H groups in total. The van der Waals surface area contributed by atoms with Crippen molar-refractivity contribution in [1.29, 1.82) is 0 Å². The van der Waals surface area contributed by atoms with Crippen LogP contribution >= 0.6 is 0 Å². The van der Waals surface area contributed by atoms with Crippen molar-refractivity contribution in [2.45, 2.75) is 25.9 Å². The fourth-order valence-electron chi connectivity index (χ4n) is 1.34. The first-order chi connectivity index (χ1) is 5.75. The molecule has 0 saturated carbocycles. The molecule has 12 heavy (non-hydrogen) atoms. The highest BCUT2D eigenvalue weighted by Gasteiger charge is 2.28. The molecule has 0 aromatic heterocycles. The van der Waals surface area contributed by atoms with Gasteiger partial charge in [0.25, 0.3) is 0 Å². The summed E-state index contributed by atoms with van der Waals surface area (Å²) in [5, 5.41) is 9.46. The van der Waals surface area contributed by atoms with Gasteiger partial charge >= 0.3 is 5.97 Å². The third-order valence-corrected chi connectivity index (χ3v) is 2.01. The monoisotopic (exact) mass is 170 g/mol. The molecule has 3 nitrogen and oxygen atoms in total. The van der Waals surface area contributed by atoms with Crippen LogP contribution in [-0.2, 0) is 9.53 Å².